The van der Waals surface area contributed by atoms with Gasteiger partial charge in [0, 0.05) is 12.0 Å². The Kier molecular flexibility index (Phi) is 4.67. The van der Waals surface area contributed by atoms with Gasteiger partial charge in [0.05, 0.1) is 23.6 Å². The van der Waals surface area contributed by atoms with Crippen LogP contribution < -0.4 is 0 Å². The van der Waals surface area contributed by atoms with Crippen LogP contribution in [0.1, 0.15) is 16.8 Å². The molecule has 0 aliphatic heterocycles. The van der Waals surface area contributed by atoms with Gasteiger partial charge in [0.1, 0.15) is 6.10 Å². The van der Waals surface area contributed by atoms with Gasteiger partial charge in [0.15, 0.2) is 0 Å². The van der Waals surface area contributed by atoms with E-state index < -0.39 is 29.0 Å². The molecule has 0 heterocycles. The molecule has 0 aromatic heterocycles. The summed E-state index contributed by atoms with van der Waals surface area (Å²) in [5.74, 6) is -0.994. The van der Waals surface area contributed by atoms with Crippen molar-refractivity contribution in [1.29, 1.82) is 1.43 Å². The van der Waals surface area contributed by atoms with Gasteiger partial charge in [-0.3, -0.25) is 0 Å². The molecule has 0 saturated heterocycles. The predicted molar refractivity (Wildman–Crippen MR) is 79.1 cm³/mol. The molecule has 3 atom stereocenters. The van der Waals surface area contributed by atoms with Crippen LogP contribution in [-0.2, 0) is 14.3 Å². The van der Waals surface area contributed by atoms with Crippen molar-refractivity contribution in [3.8, 4) is 0 Å². The van der Waals surface area contributed by atoms with Crippen molar-refractivity contribution in [2.45, 2.75) is 23.5 Å². The Morgan fingerprint density at radius 3 is 2.67 bits per heavy atom. The molecule has 2 rings (SSSR count). The van der Waals surface area contributed by atoms with Crippen molar-refractivity contribution >= 4 is 27.9 Å². The molecule has 1 aliphatic rings. The molecule has 0 radical (unpaired) electrons. The average molecular weight is 357 g/mol. The van der Waals surface area contributed by atoms with Crippen molar-refractivity contribution < 1.29 is 24.2 Å². The van der Waals surface area contributed by atoms with Crippen LogP contribution in [0.25, 0.3) is 0 Å². The number of hydrogen-bond acceptors (Lipinski definition) is 5. The number of rotatable bonds is 4. The van der Waals surface area contributed by atoms with Crippen LogP contribution in [0.3, 0.4) is 0 Å². The minimum Gasteiger partial charge on any atom is -0.466 e. The lowest BCUT2D eigenvalue weighted by molar-refractivity contribution is -0.137. The molecule has 0 unspecified atom stereocenters. The zero-order valence-corrected chi connectivity index (χ0v) is 12.9. The Labute approximate surface area is 132 Å². The highest BCUT2D eigenvalue weighted by Gasteiger charge is 2.36. The molecule has 1 aromatic carbocycles. The number of methoxy groups -OCH3 is 1. The van der Waals surface area contributed by atoms with E-state index in [2.05, 4.69) is 25.8 Å². The summed E-state index contributed by atoms with van der Waals surface area (Å²) >= 11 is 3.35. The van der Waals surface area contributed by atoms with E-state index in [9.17, 15) is 9.59 Å². The summed E-state index contributed by atoms with van der Waals surface area (Å²) in [4.78, 5) is 23.3. The number of aliphatic hydroxyl groups is 1. The highest BCUT2D eigenvalue weighted by molar-refractivity contribution is 9.09. The molecular weight excluding hydrogens is 340 g/mol. The van der Waals surface area contributed by atoms with Crippen molar-refractivity contribution in [3.05, 3.63) is 47.5 Å². The predicted octanol–water partition coefficient (Wildman–Crippen LogP) is 1.84. The minimum absolute atomic E-state index is 0.144. The fourth-order valence-electron chi connectivity index (χ4n) is 2.08. The van der Waals surface area contributed by atoms with Gasteiger partial charge >= 0.3 is 11.9 Å². The molecule has 1 N–H and O–H groups in total. The molecule has 0 saturated carbocycles. The molecule has 0 bridgehead atoms. The van der Waals surface area contributed by atoms with Crippen LogP contribution in [0.4, 0.5) is 0 Å². The first-order chi connectivity index (χ1) is 10.6. The number of carbonyl (C=O) groups excluding carboxylic acids is 2. The smallest absolute Gasteiger partial charge is 0.338 e. The second-order valence-electron chi connectivity index (χ2n) is 4.61. The molecule has 0 fully saturated rings. The summed E-state index contributed by atoms with van der Waals surface area (Å²) in [6.45, 7) is 0. The van der Waals surface area contributed by atoms with E-state index in [1.807, 2.05) is 0 Å². The molecule has 1 aliphatic carbocycles. The van der Waals surface area contributed by atoms with Gasteiger partial charge in [-0.25, -0.2) is 9.59 Å². The maximum atomic E-state index is 12.1. The fourth-order valence-corrected chi connectivity index (χ4v) is 2.85. The van der Waals surface area contributed by atoms with E-state index in [4.69, 9.17) is 6.17 Å². The summed E-state index contributed by atoms with van der Waals surface area (Å²) in [5, 5.41) is 4.63. The fraction of sp³-hybridized carbons (Fsp3) is 0.333. The number of benzene rings is 1. The van der Waals surface area contributed by atoms with Crippen LogP contribution in [-0.4, -0.2) is 42.6 Å². The van der Waals surface area contributed by atoms with Crippen LogP contribution >= 0.6 is 15.9 Å². The lowest BCUT2D eigenvalue weighted by atomic mass is 9.94. The first kappa shape index (κ1) is 14.3. The molecule has 0 amide bonds. The van der Waals surface area contributed by atoms with Crippen molar-refractivity contribution in [1.82, 2.24) is 0 Å². The lowest BCUT2D eigenvalue weighted by Crippen LogP contribution is -2.41. The maximum absolute atomic E-state index is 12.1. The zero-order chi connectivity index (χ0) is 16.1. The Morgan fingerprint density at radius 2 is 2.05 bits per heavy atom. The quantitative estimate of drug-likeness (QED) is 0.658. The minimum atomic E-state index is -0.754. The average Bonchev–Trinajstić information content (AvgIpc) is 2.56. The van der Waals surface area contributed by atoms with Crippen LogP contribution in [0, 0.1) is 0 Å². The number of esters is 2. The topological polar surface area (TPSA) is 72.8 Å². The molecule has 1 aromatic rings. The summed E-state index contributed by atoms with van der Waals surface area (Å²) in [5.41, 5.74) is 0.794. The van der Waals surface area contributed by atoms with Gasteiger partial charge in [0.2, 0.25) is 1.43 Å². The van der Waals surface area contributed by atoms with Gasteiger partial charge in [-0.2, -0.15) is 0 Å². The Bertz CT molecular complexity index is 575. The third-order valence-electron chi connectivity index (χ3n) is 3.16. The summed E-state index contributed by atoms with van der Waals surface area (Å²) in [7, 11) is 1.28. The van der Waals surface area contributed by atoms with Gasteiger partial charge in [0.25, 0.3) is 0 Å². The number of aliphatic hydroxyl groups excluding tert-OH is 1. The first-order valence-corrected chi connectivity index (χ1v) is 7.29. The van der Waals surface area contributed by atoms with E-state index >= 15 is 0 Å². The molecule has 21 heavy (non-hydrogen) atoms. The number of carbonyl (C=O) groups is 2. The summed E-state index contributed by atoms with van der Waals surface area (Å²) < 4.78 is 17.3. The second kappa shape index (κ2) is 6.87. The highest BCUT2D eigenvalue weighted by Crippen LogP contribution is 2.28. The standard InChI is InChI=1S/C15H15BrO5/c1-20-14(18)10-7-11(16)13(12(17)8-10)21-15(19)9-5-3-2-4-6-9/h2-7,11-13,17H,8H2,1H3/t11-,12+,13+/m0/s1/i17T. The van der Waals surface area contributed by atoms with E-state index in [0.717, 1.165) is 0 Å². The monoisotopic (exact) mass is 356 g/mol. The Hall–Kier alpha value is -1.66. The third kappa shape index (κ3) is 3.71. The van der Waals surface area contributed by atoms with Gasteiger partial charge in [-0.15, -0.1) is 0 Å². The van der Waals surface area contributed by atoms with E-state index in [0.29, 0.717) is 11.1 Å². The van der Waals surface area contributed by atoms with Gasteiger partial charge in [-0.05, 0) is 12.1 Å². The first-order valence-electron chi connectivity index (χ1n) is 6.78. The number of ether oxygens (including phenoxy) is 2. The normalized spacial score (nSPS) is 25.5. The summed E-state index contributed by atoms with van der Waals surface area (Å²) in [6, 6.07) is 8.54. The van der Waals surface area contributed by atoms with Crippen LogP contribution in [0.15, 0.2) is 42.0 Å². The van der Waals surface area contributed by atoms with Crippen LogP contribution in [0.5, 0.6) is 0 Å². The number of hydrogen-bond donors (Lipinski definition) is 1. The molecule has 112 valence electrons. The van der Waals surface area contributed by atoms with Crippen molar-refractivity contribution in [2.75, 3.05) is 7.11 Å². The van der Waals surface area contributed by atoms with Gasteiger partial charge < -0.3 is 14.6 Å². The Balaban J connectivity index is 2.14. The largest absolute Gasteiger partial charge is 0.466 e. The van der Waals surface area contributed by atoms with Crippen LogP contribution in [0.2, 0.25) is 0 Å². The summed E-state index contributed by atoms with van der Waals surface area (Å²) in [6.07, 6.45) is 0.296. The lowest BCUT2D eigenvalue weighted by Gasteiger charge is -2.30. The maximum Gasteiger partial charge on any atom is 0.338 e. The van der Waals surface area contributed by atoms with Crippen molar-refractivity contribution in [3.63, 3.8) is 0 Å². The highest BCUT2D eigenvalue weighted by atomic mass is 79.9. The van der Waals surface area contributed by atoms with Gasteiger partial charge in [-0.1, -0.05) is 40.2 Å². The molecule has 5 nitrogen and oxygen atoms in total. The van der Waals surface area contributed by atoms with E-state index in [-0.39, 0.29) is 6.42 Å². The second-order valence-corrected chi connectivity index (χ2v) is 5.66. The number of alkyl halides is 1. The zero-order valence-electron chi connectivity index (χ0n) is 12.3. The van der Waals surface area contributed by atoms with Crippen molar-refractivity contribution in [2.24, 2.45) is 0 Å². The third-order valence-corrected chi connectivity index (χ3v) is 3.95. The Morgan fingerprint density at radius 1 is 1.33 bits per heavy atom. The molecule has 0 spiro atoms. The SMILES string of the molecule is [3H]O[C@@H]1CC(C(=O)OC)=C[C@H](Br)[C@H]1OC(=O)c1ccccc1. The van der Waals surface area contributed by atoms with E-state index in [1.54, 1.807) is 36.4 Å². The van der Waals surface area contributed by atoms with E-state index in [1.165, 1.54) is 7.11 Å². The number of halogens is 1. The molecule has 6 heteroatoms. The molecular formula is C15H15BrO5.